The first kappa shape index (κ1) is 15.9. The van der Waals surface area contributed by atoms with E-state index in [0.29, 0.717) is 31.7 Å². The van der Waals surface area contributed by atoms with Crippen molar-refractivity contribution in [2.24, 2.45) is 5.73 Å². The minimum atomic E-state index is -0.403. The van der Waals surface area contributed by atoms with Gasteiger partial charge in [-0.15, -0.1) is 0 Å². The molecule has 0 saturated heterocycles. The van der Waals surface area contributed by atoms with Crippen molar-refractivity contribution in [2.75, 3.05) is 6.54 Å². The Morgan fingerprint density at radius 3 is 2.65 bits per heavy atom. The molecule has 0 radical (unpaired) electrons. The van der Waals surface area contributed by atoms with Gasteiger partial charge in [-0.05, 0) is 36.8 Å². The van der Waals surface area contributed by atoms with E-state index in [2.05, 4.69) is 5.32 Å². The van der Waals surface area contributed by atoms with Crippen LogP contribution in [0, 0.1) is 10.1 Å². The molecular weight excluding hydrogens is 296 g/mol. The number of nitrogens with zero attached hydrogens (tertiary/aromatic N) is 2. The van der Waals surface area contributed by atoms with Gasteiger partial charge in [0.15, 0.2) is 0 Å². The monoisotopic (exact) mass is 318 g/mol. The molecule has 23 heavy (non-hydrogen) atoms. The van der Waals surface area contributed by atoms with Gasteiger partial charge in [-0.25, -0.2) is 0 Å². The molecule has 1 saturated carbocycles. The molecule has 0 atom stereocenters. The first-order valence-electron chi connectivity index (χ1n) is 8.06. The van der Waals surface area contributed by atoms with Crippen LogP contribution < -0.4 is 11.1 Å². The lowest BCUT2D eigenvalue weighted by atomic mass is 9.92. The molecule has 1 fully saturated rings. The van der Waals surface area contributed by atoms with E-state index >= 15 is 0 Å². The predicted octanol–water partition coefficient (Wildman–Crippen LogP) is 1.30. The van der Waals surface area contributed by atoms with Gasteiger partial charge in [-0.1, -0.05) is 6.07 Å². The molecule has 0 aromatic heterocycles. The lowest BCUT2D eigenvalue weighted by Gasteiger charge is -2.27. The summed E-state index contributed by atoms with van der Waals surface area (Å²) in [5.41, 5.74) is 7.83. The lowest BCUT2D eigenvalue weighted by Crippen LogP contribution is -2.42. The minimum Gasteiger partial charge on any atom is -0.333 e. The maximum Gasteiger partial charge on any atom is 0.269 e. The number of hydrogen-bond donors (Lipinski definition) is 2. The number of nitrogens with two attached hydrogens (primary N) is 1. The molecule has 7 nitrogen and oxygen atoms in total. The number of hydrogen-bond acceptors (Lipinski definition) is 5. The zero-order valence-electron chi connectivity index (χ0n) is 13.0. The number of benzene rings is 1. The summed E-state index contributed by atoms with van der Waals surface area (Å²) in [5.74, 6) is 0.0405. The van der Waals surface area contributed by atoms with Gasteiger partial charge in [0.25, 0.3) is 5.69 Å². The lowest BCUT2D eigenvalue weighted by molar-refractivity contribution is -0.384. The van der Waals surface area contributed by atoms with Crippen LogP contribution in [0.4, 0.5) is 5.69 Å². The highest BCUT2D eigenvalue weighted by Gasteiger charge is 2.26. The molecule has 3 N–H and O–H groups in total. The summed E-state index contributed by atoms with van der Waals surface area (Å²) in [4.78, 5) is 24.5. The van der Waals surface area contributed by atoms with E-state index in [1.165, 1.54) is 6.07 Å². The van der Waals surface area contributed by atoms with Crippen molar-refractivity contribution >= 4 is 11.6 Å². The molecule has 1 aliphatic carbocycles. The van der Waals surface area contributed by atoms with E-state index in [9.17, 15) is 14.9 Å². The summed E-state index contributed by atoms with van der Waals surface area (Å²) >= 11 is 0. The van der Waals surface area contributed by atoms with E-state index < -0.39 is 4.92 Å². The van der Waals surface area contributed by atoms with E-state index in [1.54, 1.807) is 17.0 Å². The van der Waals surface area contributed by atoms with E-state index in [-0.39, 0.29) is 11.6 Å². The maximum atomic E-state index is 12.3. The van der Waals surface area contributed by atoms with Crippen molar-refractivity contribution in [3.05, 3.63) is 39.4 Å². The van der Waals surface area contributed by atoms with Crippen LogP contribution in [0.1, 0.15) is 36.8 Å². The molecule has 7 heteroatoms. The van der Waals surface area contributed by atoms with Crippen molar-refractivity contribution in [1.82, 2.24) is 10.2 Å². The Balaban J connectivity index is 1.52. The highest BCUT2D eigenvalue weighted by molar-refractivity contribution is 5.79. The average Bonchev–Trinajstić information content (AvgIpc) is 2.97. The fraction of sp³-hybridized carbons (Fsp3) is 0.562. The van der Waals surface area contributed by atoms with Crippen LogP contribution in [-0.2, 0) is 17.9 Å². The fourth-order valence-corrected chi connectivity index (χ4v) is 3.34. The van der Waals surface area contributed by atoms with Gasteiger partial charge in [-0.3, -0.25) is 14.9 Å². The van der Waals surface area contributed by atoms with Crippen molar-refractivity contribution in [3.63, 3.8) is 0 Å². The summed E-state index contributed by atoms with van der Waals surface area (Å²) in [7, 11) is 0. The second kappa shape index (κ2) is 6.64. The van der Waals surface area contributed by atoms with Crippen molar-refractivity contribution < 1.29 is 9.72 Å². The highest BCUT2D eigenvalue weighted by atomic mass is 16.6. The molecule has 2 aliphatic rings. The van der Waals surface area contributed by atoms with Gasteiger partial charge >= 0.3 is 0 Å². The first-order valence-corrected chi connectivity index (χ1v) is 8.06. The Bertz CT molecular complexity index is 611. The molecule has 124 valence electrons. The topological polar surface area (TPSA) is 102 Å². The van der Waals surface area contributed by atoms with Crippen LogP contribution in [0.5, 0.6) is 0 Å². The number of nitrogens with one attached hydrogen (secondary N) is 1. The quantitative estimate of drug-likeness (QED) is 0.643. The van der Waals surface area contributed by atoms with Crippen LogP contribution in [-0.4, -0.2) is 34.4 Å². The smallest absolute Gasteiger partial charge is 0.269 e. The number of rotatable bonds is 4. The molecule has 3 rings (SSSR count). The van der Waals surface area contributed by atoms with Crippen LogP contribution in [0.3, 0.4) is 0 Å². The summed E-state index contributed by atoms with van der Waals surface area (Å²) < 4.78 is 0. The van der Waals surface area contributed by atoms with Gasteiger partial charge < -0.3 is 16.0 Å². The van der Waals surface area contributed by atoms with Crippen molar-refractivity contribution in [3.8, 4) is 0 Å². The Hall–Kier alpha value is -1.99. The van der Waals surface area contributed by atoms with Crippen LogP contribution in [0.2, 0.25) is 0 Å². The molecule has 1 aromatic rings. The molecule has 0 unspecified atom stereocenters. The van der Waals surface area contributed by atoms with Crippen LogP contribution in [0.15, 0.2) is 18.2 Å². The molecule has 1 heterocycles. The summed E-state index contributed by atoms with van der Waals surface area (Å²) in [6.45, 7) is 1.30. The van der Waals surface area contributed by atoms with Crippen molar-refractivity contribution in [2.45, 2.75) is 50.9 Å². The number of fused-ring (bicyclic) bond motifs is 1. The third-order valence-electron chi connectivity index (χ3n) is 4.79. The maximum absolute atomic E-state index is 12.3. The van der Waals surface area contributed by atoms with E-state index in [1.807, 2.05) is 0 Å². The summed E-state index contributed by atoms with van der Waals surface area (Å²) in [6.07, 6.45) is 4.04. The second-order valence-electron chi connectivity index (χ2n) is 6.45. The Kier molecular flexibility index (Phi) is 4.58. The molecule has 1 aliphatic heterocycles. The first-order chi connectivity index (χ1) is 11.0. The van der Waals surface area contributed by atoms with Gasteiger partial charge in [0.1, 0.15) is 0 Å². The largest absolute Gasteiger partial charge is 0.333 e. The normalized spacial score (nSPS) is 23.6. The number of nitro groups is 1. The summed E-state index contributed by atoms with van der Waals surface area (Å²) in [5, 5.41) is 14.1. The van der Waals surface area contributed by atoms with Crippen LogP contribution >= 0.6 is 0 Å². The molecule has 0 spiro atoms. The molecule has 1 aromatic carbocycles. The number of carbonyl (C=O) groups excluding carboxylic acids is 1. The minimum absolute atomic E-state index is 0.0405. The Morgan fingerprint density at radius 2 is 1.96 bits per heavy atom. The predicted molar refractivity (Wildman–Crippen MR) is 85.6 cm³/mol. The van der Waals surface area contributed by atoms with Gasteiger partial charge in [-0.2, -0.15) is 0 Å². The average molecular weight is 318 g/mol. The van der Waals surface area contributed by atoms with Crippen molar-refractivity contribution in [1.29, 1.82) is 0 Å². The number of non-ortho nitro benzene ring substituents is 1. The van der Waals surface area contributed by atoms with Crippen LogP contribution in [0.25, 0.3) is 0 Å². The molecule has 0 bridgehead atoms. The Morgan fingerprint density at radius 1 is 1.26 bits per heavy atom. The van der Waals surface area contributed by atoms with Gasteiger partial charge in [0.05, 0.1) is 11.5 Å². The summed E-state index contributed by atoms with van der Waals surface area (Å²) in [6, 6.07) is 5.48. The van der Waals surface area contributed by atoms with Gasteiger partial charge in [0.2, 0.25) is 5.91 Å². The third-order valence-corrected chi connectivity index (χ3v) is 4.79. The molecular formula is C16H22N4O3. The standard InChI is InChI=1S/C16H22N4O3/c17-13-2-4-14(5-3-13)18-8-16(21)19-9-11-1-6-15(20(22)23)7-12(11)10-19/h1,6-7,13-14,18H,2-5,8-10,17H2/t13-,14-. The van der Waals surface area contributed by atoms with Gasteiger partial charge in [0, 0.05) is 37.3 Å². The van der Waals surface area contributed by atoms with E-state index in [4.69, 9.17) is 5.73 Å². The number of amides is 1. The second-order valence-corrected chi connectivity index (χ2v) is 6.45. The SMILES string of the molecule is N[C@H]1CC[C@H](NCC(=O)N2Cc3ccc([N+](=O)[O-])cc3C2)CC1. The number of carbonyl (C=O) groups is 1. The number of nitro benzene ring substituents is 1. The zero-order chi connectivity index (χ0) is 16.4. The zero-order valence-corrected chi connectivity index (χ0v) is 13.0. The molecule has 1 amide bonds. The Labute approximate surface area is 135 Å². The fourth-order valence-electron chi connectivity index (χ4n) is 3.34. The van der Waals surface area contributed by atoms with E-state index in [0.717, 1.165) is 36.8 Å². The third kappa shape index (κ3) is 3.68. The highest BCUT2D eigenvalue weighted by Crippen LogP contribution is 2.26.